The molecule has 3 aromatic rings. The molecule has 0 aliphatic heterocycles. The van der Waals surface area contributed by atoms with Crippen LogP contribution in [0.5, 0.6) is 23.5 Å². The van der Waals surface area contributed by atoms with Gasteiger partial charge in [0.1, 0.15) is 11.5 Å². The summed E-state index contributed by atoms with van der Waals surface area (Å²) in [7, 11) is 0. The first kappa shape index (κ1) is 15.9. The number of benzene rings is 1. The third kappa shape index (κ3) is 4.04. The van der Waals surface area contributed by atoms with Crippen LogP contribution in [-0.2, 0) is 0 Å². The number of hydrogen-bond donors (Lipinski definition) is 0. The van der Waals surface area contributed by atoms with E-state index in [-0.39, 0.29) is 0 Å². The lowest BCUT2D eigenvalue weighted by atomic mass is 10.3. The van der Waals surface area contributed by atoms with E-state index in [0.29, 0.717) is 23.5 Å². The lowest BCUT2D eigenvalue weighted by molar-refractivity contribution is 0.419. The Balaban J connectivity index is 1.81. The molecule has 0 aliphatic carbocycles. The molecule has 0 fully saturated rings. The molecule has 1 aromatic carbocycles. The van der Waals surface area contributed by atoms with E-state index in [1.807, 2.05) is 58.0 Å². The van der Waals surface area contributed by atoms with Crippen LogP contribution in [0.2, 0.25) is 0 Å². The quantitative estimate of drug-likeness (QED) is 0.720. The molecule has 0 atom stereocenters. The Morgan fingerprint density at radius 2 is 0.958 bits per heavy atom. The van der Waals surface area contributed by atoms with Gasteiger partial charge in [-0.3, -0.25) is 0 Å². The van der Waals surface area contributed by atoms with E-state index in [2.05, 4.69) is 19.9 Å². The van der Waals surface area contributed by atoms with Gasteiger partial charge in [0.15, 0.2) is 0 Å². The minimum atomic E-state index is 0.312. The second kappa shape index (κ2) is 6.62. The number of hydrogen-bond acceptors (Lipinski definition) is 6. The summed E-state index contributed by atoms with van der Waals surface area (Å²) in [4.78, 5) is 17.1. The first-order valence-electron chi connectivity index (χ1n) is 7.58. The summed E-state index contributed by atoms with van der Waals surface area (Å²) in [5.74, 6) is 1.17. The van der Waals surface area contributed by atoms with Crippen LogP contribution in [0.1, 0.15) is 22.8 Å². The highest BCUT2D eigenvalue weighted by Crippen LogP contribution is 2.26. The zero-order valence-electron chi connectivity index (χ0n) is 14.1. The van der Waals surface area contributed by atoms with Crippen molar-refractivity contribution < 1.29 is 9.47 Å². The summed E-state index contributed by atoms with van der Waals surface area (Å²) in [5, 5.41) is 0. The fourth-order valence-corrected chi connectivity index (χ4v) is 2.29. The van der Waals surface area contributed by atoms with Gasteiger partial charge in [0.05, 0.1) is 0 Å². The van der Waals surface area contributed by atoms with Crippen LogP contribution >= 0.6 is 0 Å². The average Bonchev–Trinajstić information content (AvgIpc) is 2.45. The third-order valence-corrected chi connectivity index (χ3v) is 3.15. The highest BCUT2D eigenvalue weighted by atomic mass is 16.5. The summed E-state index contributed by atoms with van der Waals surface area (Å²) in [5.41, 5.74) is 3.42. The van der Waals surface area contributed by atoms with E-state index >= 15 is 0 Å². The van der Waals surface area contributed by atoms with Gasteiger partial charge in [0.2, 0.25) is 0 Å². The van der Waals surface area contributed by atoms with Gasteiger partial charge in [-0.1, -0.05) is 6.07 Å². The van der Waals surface area contributed by atoms with Crippen molar-refractivity contribution >= 4 is 0 Å². The van der Waals surface area contributed by atoms with Crippen LogP contribution in [0.4, 0.5) is 0 Å². The Morgan fingerprint density at radius 3 is 1.33 bits per heavy atom. The SMILES string of the molecule is Cc1cc(C)nc(Oc2cccc(Oc3nc(C)cc(C)n3)c2)n1. The zero-order valence-corrected chi connectivity index (χ0v) is 14.1. The molecule has 0 N–H and O–H groups in total. The molecule has 0 amide bonds. The van der Waals surface area contributed by atoms with Crippen molar-refractivity contribution in [1.82, 2.24) is 19.9 Å². The molecule has 6 nitrogen and oxygen atoms in total. The van der Waals surface area contributed by atoms with E-state index in [4.69, 9.17) is 9.47 Å². The van der Waals surface area contributed by atoms with Crippen LogP contribution < -0.4 is 9.47 Å². The van der Waals surface area contributed by atoms with Gasteiger partial charge in [-0.25, -0.2) is 19.9 Å². The van der Waals surface area contributed by atoms with Gasteiger partial charge >= 0.3 is 12.0 Å². The summed E-state index contributed by atoms with van der Waals surface area (Å²) in [6, 6.07) is 11.6. The normalized spacial score (nSPS) is 10.5. The highest BCUT2D eigenvalue weighted by Gasteiger charge is 2.07. The first-order chi connectivity index (χ1) is 11.5. The van der Waals surface area contributed by atoms with E-state index in [0.717, 1.165) is 22.8 Å². The third-order valence-electron chi connectivity index (χ3n) is 3.15. The minimum Gasteiger partial charge on any atom is -0.424 e. The Kier molecular flexibility index (Phi) is 4.37. The molecule has 0 unspecified atom stereocenters. The maximum atomic E-state index is 5.72. The Hall–Kier alpha value is -3.02. The van der Waals surface area contributed by atoms with Crippen molar-refractivity contribution in [2.24, 2.45) is 0 Å². The molecule has 2 heterocycles. The van der Waals surface area contributed by atoms with Gasteiger partial charge in [-0.05, 0) is 52.0 Å². The largest absolute Gasteiger partial charge is 0.424 e. The number of nitrogens with zero attached hydrogens (tertiary/aromatic N) is 4. The molecular formula is C18H18N4O2. The van der Waals surface area contributed by atoms with E-state index in [1.165, 1.54) is 0 Å². The molecule has 0 saturated heterocycles. The maximum absolute atomic E-state index is 5.72. The van der Waals surface area contributed by atoms with Crippen molar-refractivity contribution in [2.75, 3.05) is 0 Å². The average molecular weight is 322 g/mol. The molecule has 0 aliphatic rings. The molecule has 0 saturated carbocycles. The predicted molar refractivity (Wildman–Crippen MR) is 89.6 cm³/mol. The van der Waals surface area contributed by atoms with Crippen molar-refractivity contribution in [3.8, 4) is 23.5 Å². The summed E-state index contributed by atoms with van der Waals surface area (Å²) < 4.78 is 11.4. The lowest BCUT2D eigenvalue weighted by Gasteiger charge is -2.08. The number of ether oxygens (including phenoxy) is 2. The molecule has 3 rings (SSSR count). The van der Waals surface area contributed by atoms with Crippen LogP contribution in [0.25, 0.3) is 0 Å². The zero-order chi connectivity index (χ0) is 17.1. The molecule has 6 heteroatoms. The van der Waals surface area contributed by atoms with Gasteiger partial charge in [0, 0.05) is 28.8 Å². The van der Waals surface area contributed by atoms with Crippen molar-refractivity contribution in [2.45, 2.75) is 27.7 Å². The van der Waals surface area contributed by atoms with Crippen LogP contribution in [0.15, 0.2) is 36.4 Å². The number of aryl methyl sites for hydroxylation is 4. The van der Waals surface area contributed by atoms with Crippen molar-refractivity contribution in [1.29, 1.82) is 0 Å². The van der Waals surface area contributed by atoms with Crippen molar-refractivity contribution in [3.63, 3.8) is 0 Å². The Bertz CT molecular complexity index is 771. The molecular weight excluding hydrogens is 304 g/mol. The molecule has 0 spiro atoms. The summed E-state index contributed by atoms with van der Waals surface area (Å²) >= 11 is 0. The number of aromatic nitrogens is 4. The van der Waals surface area contributed by atoms with E-state index in [9.17, 15) is 0 Å². The fraction of sp³-hybridized carbons (Fsp3) is 0.222. The van der Waals surface area contributed by atoms with Gasteiger partial charge in [0.25, 0.3) is 0 Å². The van der Waals surface area contributed by atoms with E-state index < -0.39 is 0 Å². The van der Waals surface area contributed by atoms with E-state index in [1.54, 1.807) is 6.07 Å². The first-order valence-corrected chi connectivity index (χ1v) is 7.58. The predicted octanol–water partition coefficient (Wildman–Crippen LogP) is 4.08. The van der Waals surface area contributed by atoms with Crippen LogP contribution in [0, 0.1) is 27.7 Å². The molecule has 0 radical (unpaired) electrons. The number of rotatable bonds is 4. The fourth-order valence-electron chi connectivity index (χ4n) is 2.29. The van der Waals surface area contributed by atoms with Gasteiger partial charge in [-0.2, -0.15) is 0 Å². The standard InChI is InChI=1S/C18H18N4O2/c1-11-8-12(2)20-17(19-11)23-15-6-5-7-16(10-15)24-18-21-13(3)9-14(4)22-18/h5-10H,1-4H3. The van der Waals surface area contributed by atoms with Gasteiger partial charge in [-0.15, -0.1) is 0 Å². The van der Waals surface area contributed by atoms with Gasteiger partial charge < -0.3 is 9.47 Å². The lowest BCUT2D eigenvalue weighted by Crippen LogP contribution is -1.97. The summed E-state index contributed by atoms with van der Waals surface area (Å²) in [6.45, 7) is 7.61. The van der Waals surface area contributed by atoms with Crippen molar-refractivity contribution in [3.05, 3.63) is 59.2 Å². The van der Waals surface area contributed by atoms with Crippen LogP contribution in [0.3, 0.4) is 0 Å². The summed E-state index contributed by atoms with van der Waals surface area (Å²) in [6.07, 6.45) is 0. The topological polar surface area (TPSA) is 70.0 Å². The smallest absolute Gasteiger partial charge is 0.322 e. The van der Waals surface area contributed by atoms with Crippen LogP contribution in [-0.4, -0.2) is 19.9 Å². The molecule has 0 bridgehead atoms. The Morgan fingerprint density at radius 1 is 0.583 bits per heavy atom. The molecule has 2 aromatic heterocycles. The Labute approximate surface area is 140 Å². The molecule has 122 valence electrons. The maximum Gasteiger partial charge on any atom is 0.322 e. The molecule has 24 heavy (non-hydrogen) atoms. The minimum absolute atomic E-state index is 0.312. The highest BCUT2D eigenvalue weighted by molar-refractivity contribution is 5.36. The second-order valence-corrected chi connectivity index (χ2v) is 5.55. The second-order valence-electron chi connectivity index (χ2n) is 5.55. The monoisotopic (exact) mass is 322 g/mol.